The van der Waals surface area contributed by atoms with Gasteiger partial charge in [0.25, 0.3) is 0 Å². The third kappa shape index (κ3) is 4.10. The molecule has 5 nitrogen and oxygen atoms in total. The van der Waals surface area contributed by atoms with Crippen molar-refractivity contribution in [2.45, 2.75) is 25.4 Å². The van der Waals surface area contributed by atoms with Crippen LogP contribution in [0.25, 0.3) is 0 Å². The molecule has 1 rings (SSSR count). The second-order valence-electron chi connectivity index (χ2n) is 3.21. The molecule has 0 aliphatic carbocycles. The molecule has 0 saturated carbocycles. The lowest BCUT2D eigenvalue weighted by molar-refractivity contribution is 0.0176. The minimum absolute atomic E-state index is 0.204. The van der Waals surface area contributed by atoms with Crippen molar-refractivity contribution in [3.8, 4) is 0 Å². The van der Waals surface area contributed by atoms with Gasteiger partial charge in [0.1, 0.15) is 0 Å². The van der Waals surface area contributed by atoms with Crippen molar-refractivity contribution in [2.24, 2.45) is 10.9 Å². The predicted octanol–water partition coefficient (Wildman–Crippen LogP) is -0.109. The summed E-state index contributed by atoms with van der Waals surface area (Å²) in [6, 6.07) is 0. The third-order valence-corrected chi connectivity index (χ3v) is 2.08. The van der Waals surface area contributed by atoms with Gasteiger partial charge in [-0.15, -0.1) is 0 Å². The Bertz CT molecular complexity index is 167. The molecule has 1 saturated heterocycles. The van der Waals surface area contributed by atoms with E-state index in [2.05, 4.69) is 10.5 Å². The van der Waals surface area contributed by atoms with Crippen LogP contribution in [0.15, 0.2) is 5.16 Å². The predicted molar refractivity (Wildman–Crippen MR) is 49.9 cm³/mol. The second-order valence-corrected chi connectivity index (χ2v) is 3.21. The maximum Gasteiger partial charge on any atom is 0.153 e. The van der Waals surface area contributed by atoms with Crippen LogP contribution in [0.3, 0.4) is 0 Å². The van der Waals surface area contributed by atoms with Gasteiger partial charge in [0.05, 0.1) is 12.6 Å². The molecule has 1 fully saturated rings. The highest BCUT2D eigenvalue weighted by molar-refractivity contribution is 5.81. The smallest absolute Gasteiger partial charge is 0.153 e. The molecule has 0 aromatic heterocycles. The maximum absolute atomic E-state index is 8.26. The van der Waals surface area contributed by atoms with Crippen LogP contribution < -0.4 is 11.1 Å². The van der Waals surface area contributed by atoms with E-state index in [1.807, 2.05) is 0 Å². The minimum Gasteiger partial charge on any atom is -0.409 e. The summed E-state index contributed by atoms with van der Waals surface area (Å²) in [6.07, 6.45) is 3.79. The molecule has 1 heterocycles. The summed E-state index contributed by atoms with van der Waals surface area (Å²) in [4.78, 5) is 0. The third-order valence-electron chi connectivity index (χ3n) is 2.08. The summed E-state index contributed by atoms with van der Waals surface area (Å²) in [5.41, 5.74) is 5.29. The Morgan fingerprint density at radius 2 is 2.46 bits per heavy atom. The standard InChI is InChI=1S/C8H17N3O2/c9-8(11-12)6-10-5-7-3-1-2-4-13-7/h7,10,12H,1-6H2,(H2,9,11). The van der Waals surface area contributed by atoms with E-state index in [1.54, 1.807) is 0 Å². The fraction of sp³-hybridized carbons (Fsp3) is 0.875. The largest absolute Gasteiger partial charge is 0.409 e. The second kappa shape index (κ2) is 5.77. The van der Waals surface area contributed by atoms with Gasteiger partial charge in [-0.1, -0.05) is 5.16 Å². The van der Waals surface area contributed by atoms with E-state index >= 15 is 0 Å². The zero-order chi connectivity index (χ0) is 9.52. The number of ether oxygens (including phenoxy) is 1. The number of amidine groups is 1. The Morgan fingerprint density at radius 3 is 3.08 bits per heavy atom. The first kappa shape index (κ1) is 10.3. The van der Waals surface area contributed by atoms with Crippen molar-refractivity contribution >= 4 is 5.84 Å². The molecule has 0 radical (unpaired) electrons. The average Bonchev–Trinajstić information content (AvgIpc) is 2.19. The van der Waals surface area contributed by atoms with Gasteiger partial charge in [0.2, 0.25) is 0 Å². The monoisotopic (exact) mass is 187 g/mol. The lowest BCUT2D eigenvalue weighted by atomic mass is 10.1. The Labute approximate surface area is 77.9 Å². The number of nitrogens with one attached hydrogen (secondary N) is 1. The number of hydrogen-bond acceptors (Lipinski definition) is 4. The SMILES string of the molecule is NC(CNCC1CCCCO1)=NO. The van der Waals surface area contributed by atoms with Gasteiger partial charge < -0.3 is 21.0 Å². The van der Waals surface area contributed by atoms with Crippen LogP contribution in [0.1, 0.15) is 19.3 Å². The van der Waals surface area contributed by atoms with Crippen molar-refractivity contribution in [2.75, 3.05) is 19.7 Å². The number of hydrogen-bond donors (Lipinski definition) is 3. The first-order valence-corrected chi connectivity index (χ1v) is 4.61. The maximum atomic E-state index is 8.26. The molecule has 0 bridgehead atoms. The van der Waals surface area contributed by atoms with Crippen LogP contribution in [-0.2, 0) is 4.74 Å². The summed E-state index contributed by atoms with van der Waals surface area (Å²) in [7, 11) is 0. The molecular weight excluding hydrogens is 170 g/mol. The zero-order valence-electron chi connectivity index (χ0n) is 7.70. The number of nitrogens with two attached hydrogens (primary N) is 1. The lowest BCUT2D eigenvalue weighted by Crippen LogP contribution is -2.36. The molecule has 76 valence electrons. The van der Waals surface area contributed by atoms with E-state index < -0.39 is 0 Å². The van der Waals surface area contributed by atoms with Crippen LogP contribution in [0, 0.1) is 0 Å². The van der Waals surface area contributed by atoms with E-state index in [0.717, 1.165) is 26.0 Å². The van der Waals surface area contributed by atoms with Gasteiger partial charge in [-0.05, 0) is 19.3 Å². The summed E-state index contributed by atoms with van der Waals surface area (Å²) in [6.45, 7) is 2.04. The Hall–Kier alpha value is -0.810. The van der Waals surface area contributed by atoms with Crippen molar-refractivity contribution in [1.82, 2.24) is 5.32 Å². The van der Waals surface area contributed by atoms with Crippen LogP contribution in [0.2, 0.25) is 0 Å². The highest BCUT2D eigenvalue weighted by Crippen LogP contribution is 2.11. The summed E-state index contributed by atoms with van der Waals surface area (Å²) >= 11 is 0. The van der Waals surface area contributed by atoms with Gasteiger partial charge >= 0.3 is 0 Å². The molecule has 1 unspecified atom stereocenters. The fourth-order valence-electron chi connectivity index (χ4n) is 1.36. The topological polar surface area (TPSA) is 79.9 Å². The van der Waals surface area contributed by atoms with E-state index in [4.69, 9.17) is 15.7 Å². The van der Waals surface area contributed by atoms with E-state index in [0.29, 0.717) is 12.6 Å². The normalized spacial score (nSPS) is 24.6. The van der Waals surface area contributed by atoms with Crippen LogP contribution in [-0.4, -0.2) is 36.8 Å². The Kier molecular flexibility index (Phi) is 4.56. The highest BCUT2D eigenvalue weighted by Gasteiger charge is 2.12. The first-order valence-electron chi connectivity index (χ1n) is 4.61. The minimum atomic E-state index is 0.204. The van der Waals surface area contributed by atoms with Crippen LogP contribution >= 0.6 is 0 Å². The van der Waals surface area contributed by atoms with Crippen molar-refractivity contribution < 1.29 is 9.94 Å². The molecule has 0 aromatic carbocycles. The number of nitrogens with zero attached hydrogens (tertiary/aromatic N) is 1. The van der Waals surface area contributed by atoms with E-state index in [-0.39, 0.29) is 5.84 Å². The van der Waals surface area contributed by atoms with Crippen molar-refractivity contribution in [1.29, 1.82) is 0 Å². The van der Waals surface area contributed by atoms with Crippen molar-refractivity contribution in [3.05, 3.63) is 0 Å². The summed E-state index contributed by atoms with van der Waals surface area (Å²) in [5.74, 6) is 0.204. The van der Waals surface area contributed by atoms with Gasteiger partial charge in [0, 0.05) is 13.2 Å². The molecule has 0 spiro atoms. The Balaban J connectivity index is 2.04. The van der Waals surface area contributed by atoms with Crippen LogP contribution in [0.4, 0.5) is 0 Å². The molecule has 1 atom stereocenters. The molecule has 0 amide bonds. The lowest BCUT2D eigenvalue weighted by Gasteiger charge is -2.22. The van der Waals surface area contributed by atoms with E-state index in [1.165, 1.54) is 6.42 Å². The molecule has 1 aliphatic heterocycles. The molecule has 0 aromatic rings. The average molecular weight is 187 g/mol. The number of oxime groups is 1. The van der Waals surface area contributed by atoms with Gasteiger partial charge in [-0.25, -0.2) is 0 Å². The summed E-state index contributed by atoms with van der Waals surface area (Å²) < 4.78 is 5.49. The molecular formula is C8H17N3O2. The quantitative estimate of drug-likeness (QED) is 0.248. The van der Waals surface area contributed by atoms with Gasteiger partial charge in [-0.3, -0.25) is 0 Å². The van der Waals surface area contributed by atoms with Gasteiger partial charge in [-0.2, -0.15) is 0 Å². The molecule has 4 N–H and O–H groups in total. The summed E-state index contributed by atoms with van der Waals surface area (Å²) in [5, 5.41) is 14.2. The molecule has 1 aliphatic rings. The molecule has 5 heteroatoms. The van der Waals surface area contributed by atoms with Crippen LogP contribution in [0.5, 0.6) is 0 Å². The number of rotatable bonds is 4. The molecule has 13 heavy (non-hydrogen) atoms. The highest BCUT2D eigenvalue weighted by atomic mass is 16.5. The Morgan fingerprint density at radius 1 is 1.62 bits per heavy atom. The van der Waals surface area contributed by atoms with Crippen molar-refractivity contribution in [3.63, 3.8) is 0 Å². The van der Waals surface area contributed by atoms with E-state index in [9.17, 15) is 0 Å². The first-order chi connectivity index (χ1) is 6.33. The van der Waals surface area contributed by atoms with Gasteiger partial charge in [0.15, 0.2) is 5.84 Å². The zero-order valence-corrected chi connectivity index (χ0v) is 7.70. The fourth-order valence-corrected chi connectivity index (χ4v) is 1.36.